The molecule has 0 aromatic heterocycles. The molecule has 0 aliphatic carbocycles. The van der Waals surface area contributed by atoms with E-state index in [1.54, 1.807) is 0 Å². The van der Waals surface area contributed by atoms with Crippen molar-refractivity contribution in [3.63, 3.8) is 0 Å². The zero-order valence-corrected chi connectivity index (χ0v) is 13.3. The van der Waals surface area contributed by atoms with Crippen molar-refractivity contribution in [1.82, 2.24) is 4.90 Å². The van der Waals surface area contributed by atoms with Gasteiger partial charge in [0.15, 0.2) is 0 Å². The average molecular weight is 296 g/mol. The third kappa shape index (κ3) is 3.95. The minimum Gasteiger partial charge on any atom is -0.338 e. The smallest absolute Gasteiger partial charge is 0.253 e. The quantitative estimate of drug-likeness (QED) is 0.891. The monoisotopic (exact) mass is 296 g/mol. The van der Waals surface area contributed by atoms with Gasteiger partial charge in [0.2, 0.25) is 0 Å². The molecule has 0 aliphatic rings. The lowest BCUT2D eigenvalue weighted by Gasteiger charge is -2.33. The highest BCUT2D eigenvalue weighted by Crippen LogP contribution is 2.17. The maximum atomic E-state index is 12.7. The molecule has 2 atom stereocenters. The van der Waals surface area contributed by atoms with Crippen LogP contribution in [0.5, 0.6) is 0 Å². The Labute approximate surface area is 132 Å². The van der Waals surface area contributed by atoms with E-state index in [-0.39, 0.29) is 17.9 Å². The summed E-state index contributed by atoms with van der Waals surface area (Å²) in [5, 5.41) is 0. The summed E-state index contributed by atoms with van der Waals surface area (Å²) < 4.78 is 0. The topological polar surface area (TPSA) is 46.3 Å². The lowest BCUT2D eigenvalue weighted by molar-refractivity contribution is 0.0684. The van der Waals surface area contributed by atoms with E-state index in [4.69, 9.17) is 5.73 Å². The molecule has 22 heavy (non-hydrogen) atoms. The molecule has 1 amide bonds. The Morgan fingerprint density at radius 3 is 2.14 bits per heavy atom. The standard InChI is InChI=1S/C19H24N2O/c1-15(14-20)18(13-16-9-5-3-6-10-16)21(2)19(22)17-11-7-4-8-12-17/h3-12,15,18H,13-14,20H2,1-2H3. The van der Waals surface area contributed by atoms with E-state index in [2.05, 4.69) is 19.1 Å². The van der Waals surface area contributed by atoms with E-state index in [9.17, 15) is 4.79 Å². The highest BCUT2D eigenvalue weighted by molar-refractivity contribution is 5.94. The van der Waals surface area contributed by atoms with Crippen LogP contribution in [0.25, 0.3) is 0 Å². The number of hydrogen-bond acceptors (Lipinski definition) is 2. The van der Waals surface area contributed by atoms with Crippen LogP contribution in [0.2, 0.25) is 0 Å². The molecule has 0 saturated heterocycles. The van der Waals surface area contributed by atoms with Crippen molar-refractivity contribution < 1.29 is 4.79 Å². The van der Waals surface area contributed by atoms with Crippen molar-refractivity contribution in [2.24, 2.45) is 11.7 Å². The molecule has 2 aromatic rings. The van der Waals surface area contributed by atoms with Gasteiger partial charge in [-0.25, -0.2) is 0 Å². The van der Waals surface area contributed by atoms with Crippen molar-refractivity contribution >= 4 is 5.91 Å². The number of nitrogens with zero attached hydrogens (tertiary/aromatic N) is 1. The molecule has 0 radical (unpaired) electrons. The van der Waals surface area contributed by atoms with E-state index < -0.39 is 0 Å². The van der Waals surface area contributed by atoms with Crippen LogP contribution in [0.1, 0.15) is 22.8 Å². The first-order valence-electron chi connectivity index (χ1n) is 7.69. The first-order valence-corrected chi connectivity index (χ1v) is 7.69. The lowest BCUT2D eigenvalue weighted by Crippen LogP contribution is -2.44. The second kappa shape index (κ2) is 7.76. The number of carbonyl (C=O) groups is 1. The predicted octanol–water partition coefficient (Wildman–Crippen LogP) is 2.96. The first-order chi connectivity index (χ1) is 10.6. The summed E-state index contributed by atoms with van der Waals surface area (Å²) >= 11 is 0. The van der Waals surface area contributed by atoms with Gasteiger partial charge < -0.3 is 10.6 Å². The summed E-state index contributed by atoms with van der Waals surface area (Å²) in [6, 6.07) is 19.7. The molecule has 0 fully saturated rings. The van der Waals surface area contributed by atoms with Gasteiger partial charge in [-0.1, -0.05) is 55.5 Å². The molecule has 2 N–H and O–H groups in total. The maximum Gasteiger partial charge on any atom is 0.253 e. The van der Waals surface area contributed by atoms with Gasteiger partial charge in [-0.05, 0) is 36.6 Å². The van der Waals surface area contributed by atoms with Crippen molar-refractivity contribution in [2.75, 3.05) is 13.6 Å². The van der Waals surface area contributed by atoms with Crippen LogP contribution in [0.15, 0.2) is 60.7 Å². The second-order valence-corrected chi connectivity index (χ2v) is 5.75. The van der Waals surface area contributed by atoms with Gasteiger partial charge in [0.05, 0.1) is 0 Å². The molecule has 2 rings (SSSR count). The predicted molar refractivity (Wildman–Crippen MR) is 90.7 cm³/mol. The normalized spacial score (nSPS) is 13.4. The molecule has 0 heterocycles. The number of amides is 1. The summed E-state index contributed by atoms with van der Waals surface area (Å²) in [4.78, 5) is 14.5. The van der Waals surface area contributed by atoms with E-state index in [1.165, 1.54) is 5.56 Å². The highest BCUT2D eigenvalue weighted by Gasteiger charge is 2.25. The van der Waals surface area contributed by atoms with Gasteiger partial charge in [-0.3, -0.25) is 4.79 Å². The Kier molecular flexibility index (Phi) is 5.73. The Morgan fingerprint density at radius 2 is 1.59 bits per heavy atom. The zero-order valence-electron chi connectivity index (χ0n) is 13.3. The van der Waals surface area contributed by atoms with Crippen LogP contribution >= 0.6 is 0 Å². The fraction of sp³-hybridized carbons (Fsp3) is 0.316. The molecule has 3 heteroatoms. The summed E-state index contributed by atoms with van der Waals surface area (Å²) in [6.07, 6.45) is 0.814. The molecule has 0 saturated carbocycles. The fourth-order valence-electron chi connectivity index (χ4n) is 2.67. The summed E-state index contributed by atoms with van der Waals surface area (Å²) in [5.74, 6) is 0.277. The van der Waals surface area contributed by atoms with Crippen LogP contribution in [0.3, 0.4) is 0 Å². The number of carbonyl (C=O) groups excluding carboxylic acids is 1. The largest absolute Gasteiger partial charge is 0.338 e. The minimum absolute atomic E-state index is 0.0434. The number of benzene rings is 2. The number of nitrogens with two attached hydrogens (primary N) is 1. The van der Waals surface area contributed by atoms with Crippen LogP contribution in [0, 0.1) is 5.92 Å². The Hall–Kier alpha value is -2.13. The third-order valence-corrected chi connectivity index (χ3v) is 4.15. The highest BCUT2D eigenvalue weighted by atomic mass is 16.2. The van der Waals surface area contributed by atoms with Gasteiger partial charge >= 0.3 is 0 Å². The fourth-order valence-corrected chi connectivity index (χ4v) is 2.67. The molecule has 0 aliphatic heterocycles. The summed E-state index contributed by atoms with van der Waals surface area (Å²) in [5.41, 5.74) is 7.80. The first kappa shape index (κ1) is 16.2. The molecule has 0 spiro atoms. The molecule has 0 bridgehead atoms. The molecular weight excluding hydrogens is 272 g/mol. The van der Waals surface area contributed by atoms with Gasteiger partial charge in [-0.15, -0.1) is 0 Å². The Balaban J connectivity index is 2.19. The Morgan fingerprint density at radius 1 is 1.05 bits per heavy atom. The molecule has 2 unspecified atom stereocenters. The van der Waals surface area contributed by atoms with E-state index in [0.717, 1.165) is 6.42 Å². The van der Waals surface area contributed by atoms with Crippen LogP contribution in [-0.4, -0.2) is 30.4 Å². The lowest BCUT2D eigenvalue weighted by atomic mass is 9.93. The van der Waals surface area contributed by atoms with E-state index in [0.29, 0.717) is 12.1 Å². The SMILES string of the molecule is CC(CN)C(Cc1ccccc1)N(C)C(=O)c1ccccc1. The molecular formula is C19H24N2O. The van der Waals surface area contributed by atoms with E-state index in [1.807, 2.05) is 60.5 Å². The van der Waals surface area contributed by atoms with Crippen molar-refractivity contribution in [1.29, 1.82) is 0 Å². The average Bonchev–Trinajstić information content (AvgIpc) is 2.59. The van der Waals surface area contributed by atoms with Crippen LogP contribution in [0.4, 0.5) is 0 Å². The van der Waals surface area contributed by atoms with E-state index >= 15 is 0 Å². The maximum absolute atomic E-state index is 12.7. The summed E-state index contributed by atoms with van der Waals surface area (Å²) in [7, 11) is 1.87. The van der Waals surface area contributed by atoms with Crippen molar-refractivity contribution in [3.05, 3.63) is 71.8 Å². The minimum atomic E-state index is 0.0434. The van der Waals surface area contributed by atoms with Gasteiger partial charge in [0.25, 0.3) is 5.91 Å². The molecule has 2 aromatic carbocycles. The molecule has 3 nitrogen and oxygen atoms in total. The van der Waals surface area contributed by atoms with Gasteiger partial charge in [-0.2, -0.15) is 0 Å². The molecule has 116 valence electrons. The number of hydrogen-bond donors (Lipinski definition) is 1. The third-order valence-electron chi connectivity index (χ3n) is 4.15. The number of rotatable bonds is 6. The number of likely N-dealkylation sites (N-methyl/N-ethyl adjacent to an activating group) is 1. The second-order valence-electron chi connectivity index (χ2n) is 5.75. The Bertz CT molecular complexity index is 583. The van der Waals surface area contributed by atoms with Crippen molar-refractivity contribution in [2.45, 2.75) is 19.4 Å². The summed E-state index contributed by atoms with van der Waals surface area (Å²) in [6.45, 7) is 2.66. The van der Waals surface area contributed by atoms with Crippen molar-refractivity contribution in [3.8, 4) is 0 Å². The van der Waals surface area contributed by atoms with Gasteiger partial charge in [0.1, 0.15) is 0 Å². The van der Waals surface area contributed by atoms with Crippen LogP contribution < -0.4 is 5.73 Å². The zero-order chi connectivity index (χ0) is 15.9. The van der Waals surface area contributed by atoms with Crippen LogP contribution in [-0.2, 0) is 6.42 Å². The van der Waals surface area contributed by atoms with Gasteiger partial charge in [0, 0.05) is 18.7 Å².